The van der Waals surface area contributed by atoms with Crippen LogP contribution in [0.3, 0.4) is 0 Å². The fourth-order valence-corrected chi connectivity index (χ4v) is 2.07. The predicted octanol–water partition coefficient (Wildman–Crippen LogP) is 1.18. The van der Waals surface area contributed by atoms with Crippen LogP contribution >= 0.6 is 12.4 Å². The van der Waals surface area contributed by atoms with Crippen molar-refractivity contribution in [1.82, 2.24) is 5.27 Å². The molecule has 1 aromatic rings. The van der Waals surface area contributed by atoms with Gasteiger partial charge in [0.05, 0.1) is 0 Å². The van der Waals surface area contributed by atoms with Gasteiger partial charge in [0.1, 0.15) is 0 Å². The Bertz CT molecular complexity index is 333. The molecule has 0 radical (unpaired) electrons. The van der Waals surface area contributed by atoms with E-state index < -0.39 is 0 Å². The van der Waals surface area contributed by atoms with Crippen molar-refractivity contribution < 1.29 is 9.20 Å². The summed E-state index contributed by atoms with van der Waals surface area (Å²) in [7, 11) is 0. The monoisotopic (exact) mass is 217 g/mol. The van der Waals surface area contributed by atoms with E-state index >= 15 is 0 Å². The first-order valence-electron chi connectivity index (χ1n) is 4.85. The van der Waals surface area contributed by atoms with Crippen LogP contribution in [0, 0.1) is 11.3 Å². The van der Waals surface area contributed by atoms with Gasteiger partial charge in [0.15, 0.2) is 6.04 Å². The molecule has 1 heterocycles. The van der Waals surface area contributed by atoms with Crippen LogP contribution in [0.4, 0.5) is 0 Å². The van der Waals surface area contributed by atoms with Crippen LogP contribution in [0.5, 0.6) is 0 Å². The third-order valence-electron chi connectivity index (χ3n) is 2.77. The quantitative estimate of drug-likeness (QED) is 0.719. The molecule has 5 heteroatoms. The second kappa shape index (κ2) is 4.64. The second-order valence-corrected chi connectivity index (χ2v) is 3.97. The van der Waals surface area contributed by atoms with Crippen molar-refractivity contribution in [3.8, 4) is 0 Å². The lowest BCUT2D eigenvalue weighted by Gasteiger charge is -2.23. The van der Waals surface area contributed by atoms with Gasteiger partial charge in [-0.05, 0) is 12.3 Å². The van der Waals surface area contributed by atoms with Crippen LogP contribution in [0.25, 0.3) is 0 Å². The largest absolute Gasteiger partial charge is 0.487 e. The van der Waals surface area contributed by atoms with Crippen molar-refractivity contribution in [2.24, 2.45) is 5.92 Å². The van der Waals surface area contributed by atoms with Gasteiger partial charge in [0, 0.05) is 12.8 Å². The summed E-state index contributed by atoms with van der Waals surface area (Å²) >= 11 is 0. The maximum absolute atomic E-state index is 7.23. The summed E-state index contributed by atoms with van der Waals surface area (Å²) in [6.45, 7) is 2.27. The van der Waals surface area contributed by atoms with E-state index in [0.29, 0.717) is 6.04 Å². The Morgan fingerprint density at radius 2 is 2.36 bits per heavy atom. The minimum atomic E-state index is 0. The van der Waals surface area contributed by atoms with Crippen LogP contribution in [-0.4, -0.2) is 0 Å². The molecular weight excluding hydrogens is 202 g/mol. The molecule has 2 atom stereocenters. The van der Waals surface area contributed by atoms with Gasteiger partial charge in [-0.2, -0.15) is 0 Å². The van der Waals surface area contributed by atoms with Gasteiger partial charge in [0.25, 0.3) is 5.55 Å². The Morgan fingerprint density at radius 1 is 1.57 bits per heavy atom. The second-order valence-electron chi connectivity index (χ2n) is 3.97. The highest BCUT2D eigenvalue weighted by atomic mass is 35.5. The number of hydrogen-bond acceptors (Lipinski definition) is 2. The van der Waals surface area contributed by atoms with Gasteiger partial charge in [0.2, 0.25) is 6.20 Å². The summed E-state index contributed by atoms with van der Waals surface area (Å²) in [6, 6.07) is 0.451. The summed E-state index contributed by atoms with van der Waals surface area (Å²) in [5.74, 6) is 0.775. The minimum absolute atomic E-state index is 0. The smallest absolute Gasteiger partial charge is 0.264 e. The molecule has 0 saturated heterocycles. The molecule has 0 spiro atoms. The van der Waals surface area contributed by atoms with Crippen molar-refractivity contribution in [3.05, 3.63) is 11.8 Å². The maximum atomic E-state index is 7.23. The summed E-state index contributed by atoms with van der Waals surface area (Å²) in [5.41, 5.74) is 0.151. The Kier molecular flexibility index (Phi) is 3.75. The first-order valence-corrected chi connectivity index (χ1v) is 4.85. The van der Waals surface area contributed by atoms with Gasteiger partial charge < -0.3 is 4.52 Å². The average molecular weight is 218 g/mol. The number of nitrogens with one attached hydrogen (secondary N) is 1. The normalized spacial score (nSPS) is 26.9. The minimum Gasteiger partial charge on any atom is -0.487 e. The molecule has 2 unspecified atom stereocenters. The average Bonchev–Trinajstić information content (AvgIpc) is 2.52. The van der Waals surface area contributed by atoms with E-state index in [9.17, 15) is 0 Å². The molecule has 0 aromatic carbocycles. The van der Waals surface area contributed by atoms with Gasteiger partial charge in [-0.1, -0.05) is 13.3 Å². The lowest BCUT2D eigenvalue weighted by molar-refractivity contribution is -0.793. The number of nitrogens with zero attached hydrogens (tertiary/aromatic N) is 2. The topological polar surface area (TPSA) is 55.0 Å². The number of halogens is 1. The molecule has 1 aliphatic carbocycles. The van der Waals surface area contributed by atoms with Crippen molar-refractivity contribution in [3.63, 3.8) is 0 Å². The van der Waals surface area contributed by atoms with E-state index in [1.54, 1.807) is 10.9 Å². The molecule has 0 aliphatic heterocycles. The lowest BCUT2D eigenvalue weighted by Crippen LogP contribution is -2.44. The van der Waals surface area contributed by atoms with E-state index in [2.05, 4.69) is 12.2 Å². The SMILES string of the molecule is CC1CCCC([n+]2cc(=N)o[n-]2)C1.Cl. The van der Waals surface area contributed by atoms with Crippen LogP contribution in [0.1, 0.15) is 38.6 Å². The van der Waals surface area contributed by atoms with Gasteiger partial charge in [-0.15, -0.1) is 12.4 Å². The third-order valence-corrected chi connectivity index (χ3v) is 2.77. The summed E-state index contributed by atoms with van der Waals surface area (Å²) < 4.78 is 6.54. The molecule has 1 aliphatic rings. The van der Waals surface area contributed by atoms with Crippen molar-refractivity contribution in [1.29, 1.82) is 5.41 Å². The number of rotatable bonds is 1. The highest BCUT2D eigenvalue weighted by Gasteiger charge is 2.24. The van der Waals surface area contributed by atoms with Gasteiger partial charge in [-0.25, -0.2) is 4.68 Å². The molecule has 1 N–H and O–H groups in total. The number of aromatic nitrogens is 2. The van der Waals surface area contributed by atoms with E-state index in [4.69, 9.17) is 9.93 Å². The standard InChI is InChI=1S/C9H15N3O.ClH/c1-7-3-2-4-8(5-7)12-6-9(10)13-11-12;/h6-8,10H,2-5H2,1H3;1H. The first-order chi connectivity index (χ1) is 6.25. The fourth-order valence-electron chi connectivity index (χ4n) is 2.07. The van der Waals surface area contributed by atoms with Crippen molar-refractivity contribution in [2.75, 3.05) is 0 Å². The summed E-state index contributed by atoms with van der Waals surface area (Å²) in [4.78, 5) is 0. The molecule has 1 aromatic heterocycles. The van der Waals surface area contributed by atoms with Crippen LogP contribution in [0.15, 0.2) is 10.7 Å². The Labute approximate surface area is 89.2 Å². The van der Waals surface area contributed by atoms with Gasteiger partial charge in [-0.3, -0.25) is 10.7 Å². The third kappa shape index (κ3) is 2.38. The lowest BCUT2D eigenvalue weighted by atomic mass is 9.87. The molecule has 1 fully saturated rings. The van der Waals surface area contributed by atoms with Crippen molar-refractivity contribution in [2.45, 2.75) is 38.6 Å². The zero-order chi connectivity index (χ0) is 9.26. The van der Waals surface area contributed by atoms with Crippen LogP contribution in [-0.2, 0) is 0 Å². The summed E-state index contributed by atoms with van der Waals surface area (Å²) in [5, 5.41) is 11.1. The highest BCUT2D eigenvalue weighted by molar-refractivity contribution is 5.85. The van der Waals surface area contributed by atoms with E-state index in [1.165, 1.54) is 19.3 Å². The Morgan fingerprint density at radius 3 is 2.93 bits per heavy atom. The molecule has 1 saturated carbocycles. The maximum Gasteiger partial charge on any atom is 0.264 e. The Balaban J connectivity index is 0.000000980. The first kappa shape index (κ1) is 11.3. The molecule has 4 nitrogen and oxygen atoms in total. The molecular formula is C9H16ClN3O. The van der Waals surface area contributed by atoms with E-state index in [1.807, 2.05) is 0 Å². The highest BCUT2D eigenvalue weighted by Crippen LogP contribution is 2.27. The van der Waals surface area contributed by atoms with E-state index in [0.717, 1.165) is 12.3 Å². The number of hydrogen-bond donors (Lipinski definition) is 1. The Hall–Kier alpha value is -0.770. The van der Waals surface area contributed by atoms with Crippen molar-refractivity contribution >= 4 is 12.4 Å². The van der Waals surface area contributed by atoms with E-state index in [-0.39, 0.29) is 18.0 Å². The zero-order valence-corrected chi connectivity index (χ0v) is 9.09. The molecule has 80 valence electrons. The molecule has 2 rings (SSSR count). The molecule has 14 heavy (non-hydrogen) atoms. The fraction of sp³-hybridized carbons (Fsp3) is 0.778. The molecule has 0 bridgehead atoms. The summed E-state index contributed by atoms with van der Waals surface area (Å²) in [6.07, 6.45) is 6.59. The molecule has 0 amide bonds. The predicted molar refractivity (Wildman–Crippen MR) is 52.0 cm³/mol. The van der Waals surface area contributed by atoms with Gasteiger partial charge >= 0.3 is 0 Å². The van der Waals surface area contributed by atoms with Crippen LogP contribution < -0.4 is 15.5 Å². The zero-order valence-electron chi connectivity index (χ0n) is 8.27. The van der Waals surface area contributed by atoms with Crippen LogP contribution in [0.2, 0.25) is 0 Å².